The Morgan fingerprint density at radius 1 is 1.00 bits per heavy atom. The molecule has 0 bridgehead atoms. The first kappa shape index (κ1) is 6.41. The molecule has 13 heavy (non-hydrogen) atoms. The molecule has 6 heteroatoms. The van der Waals surface area contributed by atoms with Crippen LogP contribution in [0.4, 0.5) is 0 Å². The van der Waals surface area contributed by atoms with Crippen LogP contribution in [0.2, 0.25) is 0 Å². The lowest BCUT2D eigenvalue weighted by atomic mass is 10.3. The highest BCUT2D eigenvalue weighted by atomic mass is 16.1. The van der Waals surface area contributed by atoms with E-state index >= 15 is 0 Å². The van der Waals surface area contributed by atoms with Crippen LogP contribution in [0.25, 0.3) is 22.1 Å². The molecule has 3 aromatic rings. The molecule has 0 radical (unpaired) electrons. The number of imidazole rings is 1. The molecule has 0 saturated heterocycles. The minimum atomic E-state index is -0.216. The highest BCUT2D eigenvalue weighted by molar-refractivity contribution is 5.90. The Bertz CT molecular complexity index is 580. The topological polar surface area (TPSA) is 90.2 Å². The van der Waals surface area contributed by atoms with Crippen molar-refractivity contribution in [2.75, 3.05) is 0 Å². The number of aromatic amines is 3. The Kier molecular flexibility index (Phi) is 0.974. The maximum absolute atomic E-state index is 10.9. The van der Waals surface area contributed by atoms with Gasteiger partial charge in [0.25, 0.3) is 0 Å². The molecular formula is C7H5N5O. The predicted molar refractivity (Wildman–Crippen MR) is 46.4 cm³/mol. The van der Waals surface area contributed by atoms with E-state index in [1.807, 2.05) is 0 Å². The zero-order valence-corrected chi connectivity index (χ0v) is 6.46. The van der Waals surface area contributed by atoms with E-state index in [1.54, 1.807) is 12.1 Å². The van der Waals surface area contributed by atoms with Crippen molar-refractivity contribution in [3.63, 3.8) is 0 Å². The standard InChI is InChI=1S/C7H5N5O/c13-7-8-3-1-5-6(11-12-10-5)2-4(3)9-7/h1-2H,(H2,8,9,13)(H,10,11,12). The van der Waals surface area contributed by atoms with E-state index in [-0.39, 0.29) is 5.69 Å². The SMILES string of the molecule is O=c1[nH]c2cc3n[nH]nc3cc2[nH]1. The number of benzene rings is 1. The second-order valence-electron chi connectivity index (χ2n) is 2.79. The third-order valence-electron chi connectivity index (χ3n) is 1.95. The predicted octanol–water partition coefficient (Wildman–Crippen LogP) is 0.127. The minimum absolute atomic E-state index is 0.216. The van der Waals surface area contributed by atoms with Crippen molar-refractivity contribution in [1.82, 2.24) is 25.4 Å². The highest BCUT2D eigenvalue weighted by Crippen LogP contribution is 2.14. The lowest BCUT2D eigenvalue weighted by molar-refractivity contribution is 0.959. The monoisotopic (exact) mass is 175 g/mol. The smallest absolute Gasteiger partial charge is 0.306 e. The quantitative estimate of drug-likeness (QED) is 0.453. The second-order valence-corrected chi connectivity index (χ2v) is 2.79. The van der Waals surface area contributed by atoms with Gasteiger partial charge in [-0.2, -0.15) is 15.4 Å². The maximum atomic E-state index is 10.9. The fourth-order valence-corrected chi connectivity index (χ4v) is 1.37. The lowest BCUT2D eigenvalue weighted by Crippen LogP contribution is -1.99. The number of rotatable bonds is 0. The van der Waals surface area contributed by atoms with Crippen molar-refractivity contribution in [1.29, 1.82) is 0 Å². The fourth-order valence-electron chi connectivity index (χ4n) is 1.37. The summed E-state index contributed by atoms with van der Waals surface area (Å²) in [5.41, 5.74) is 2.75. The zero-order valence-electron chi connectivity index (χ0n) is 6.46. The summed E-state index contributed by atoms with van der Waals surface area (Å²) >= 11 is 0. The molecule has 3 N–H and O–H groups in total. The van der Waals surface area contributed by atoms with Gasteiger partial charge in [0.1, 0.15) is 11.0 Å². The minimum Gasteiger partial charge on any atom is -0.306 e. The normalized spacial score (nSPS) is 11.4. The van der Waals surface area contributed by atoms with Gasteiger partial charge in [-0.05, 0) is 12.1 Å². The van der Waals surface area contributed by atoms with Gasteiger partial charge in [0, 0.05) is 0 Å². The van der Waals surface area contributed by atoms with E-state index in [2.05, 4.69) is 25.4 Å². The van der Waals surface area contributed by atoms with Gasteiger partial charge in [-0.25, -0.2) is 4.79 Å². The average Bonchev–Trinajstić information content (AvgIpc) is 2.63. The summed E-state index contributed by atoms with van der Waals surface area (Å²) in [6, 6.07) is 3.54. The third kappa shape index (κ3) is 0.792. The fraction of sp³-hybridized carbons (Fsp3) is 0. The number of H-pyrrole nitrogens is 3. The number of hydrogen-bond acceptors (Lipinski definition) is 3. The van der Waals surface area contributed by atoms with Crippen LogP contribution < -0.4 is 5.69 Å². The molecule has 0 saturated carbocycles. The summed E-state index contributed by atoms with van der Waals surface area (Å²) in [4.78, 5) is 16.2. The molecule has 0 spiro atoms. The molecule has 0 atom stereocenters. The van der Waals surface area contributed by atoms with Crippen LogP contribution in [0, 0.1) is 0 Å². The van der Waals surface area contributed by atoms with E-state index in [0.29, 0.717) is 0 Å². The summed E-state index contributed by atoms with van der Waals surface area (Å²) < 4.78 is 0. The van der Waals surface area contributed by atoms with Crippen molar-refractivity contribution < 1.29 is 0 Å². The van der Waals surface area contributed by atoms with Gasteiger partial charge >= 0.3 is 5.69 Å². The number of fused-ring (bicyclic) bond motifs is 2. The molecule has 1 aromatic carbocycles. The molecule has 0 unspecified atom stereocenters. The number of aromatic nitrogens is 5. The summed E-state index contributed by atoms with van der Waals surface area (Å²) in [5, 5.41) is 10.3. The second kappa shape index (κ2) is 1.98. The zero-order chi connectivity index (χ0) is 8.84. The molecule has 0 aliphatic heterocycles. The first-order valence-electron chi connectivity index (χ1n) is 3.75. The Morgan fingerprint density at radius 2 is 1.54 bits per heavy atom. The molecule has 2 aromatic heterocycles. The van der Waals surface area contributed by atoms with Gasteiger partial charge in [0.2, 0.25) is 0 Å². The van der Waals surface area contributed by atoms with Crippen LogP contribution in [-0.2, 0) is 0 Å². The van der Waals surface area contributed by atoms with E-state index in [1.165, 1.54) is 0 Å². The van der Waals surface area contributed by atoms with Gasteiger partial charge in [0.05, 0.1) is 11.0 Å². The average molecular weight is 175 g/mol. The Morgan fingerprint density at radius 3 is 2.08 bits per heavy atom. The van der Waals surface area contributed by atoms with Gasteiger partial charge in [-0.15, -0.1) is 0 Å². The van der Waals surface area contributed by atoms with Crippen molar-refractivity contribution in [3.8, 4) is 0 Å². The summed E-state index contributed by atoms with van der Waals surface area (Å²) in [6.07, 6.45) is 0. The van der Waals surface area contributed by atoms with E-state index in [0.717, 1.165) is 22.1 Å². The Hall–Kier alpha value is -2.11. The van der Waals surface area contributed by atoms with Crippen LogP contribution in [0.5, 0.6) is 0 Å². The van der Waals surface area contributed by atoms with Crippen LogP contribution in [0.1, 0.15) is 0 Å². The number of nitrogens with zero attached hydrogens (tertiary/aromatic N) is 2. The van der Waals surface area contributed by atoms with Crippen molar-refractivity contribution in [3.05, 3.63) is 22.6 Å². The highest BCUT2D eigenvalue weighted by Gasteiger charge is 2.02. The van der Waals surface area contributed by atoms with Gasteiger partial charge in [0.15, 0.2) is 0 Å². The molecule has 3 rings (SSSR count). The van der Waals surface area contributed by atoms with Crippen molar-refractivity contribution >= 4 is 22.1 Å². The van der Waals surface area contributed by atoms with Gasteiger partial charge in [-0.3, -0.25) is 0 Å². The first-order chi connectivity index (χ1) is 6.33. The molecule has 0 aliphatic rings. The summed E-state index contributed by atoms with van der Waals surface area (Å²) in [6.45, 7) is 0. The maximum Gasteiger partial charge on any atom is 0.323 e. The largest absolute Gasteiger partial charge is 0.323 e. The molecule has 6 nitrogen and oxygen atoms in total. The van der Waals surface area contributed by atoms with Crippen molar-refractivity contribution in [2.24, 2.45) is 0 Å². The third-order valence-corrected chi connectivity index (χ3v) is 1.95. The number of nitrogens with one attached hydrogen (secondary N) is 3. The molecule has 0 fully saturated rings. The molecule has 64 valence electrons. The van der Waals surface area contributed by atoms with Crippen LogP contribution >= 0.6 is 0 Å². The van der Waals surface area contributed by atoms with Crippen LogP contribution in [0.3, 0.4) is 0 Å². The van der Waals surface area contributed by atoms with E-state index in [9.17, 15) is 4.79 Å². The first-order valence-corrected chi connectivity index (χ1v) is 3.75. The molecular weight excluding hydrogens is 170 g/mol. The molecule has 2 heterocycles. The van der Waals surface area contributed by atoms with Gasteiger partial charge < -0.3 is 9.97 Å². The summed E-state index contributed by atoms with van der Waals surface area (Å²) in [7, 11) is 0. The van der Waals surface area contributed by atoms with Crippen molar-refractivity contribution in [2.45, 2.75) is 0 Å². The Balaban J connectivity index is 2.62. The Labute approximate surface area is 71.0 Å². The number of hydrogen-bond donors (Lipinski definition) is 3. The van der Waals surface area contributed by atoms with E-state index in [4.69, 9.17) is 0 Å². The van der Waals surface area contributed by atoms with E-state index < -0.39 is 0 Å². The summed E-state index contributed by atoms with van der Waals surface area (Å²) in [5.74, 6) is 0. The molecule has 0 amide bonds. The molecule has 0 aliphatic carbocycles. The van der Waals surface area contributed by atoms with Crippen LogP contribution in [-0.4, -0.2) is 25.4 Å². The van der Waals surface area contributed by atoms with Gasteiger partial charge in [-0.1, -0.05) is 0 Å². The van der Waals surface area contributed by atoms with Crippen LogP contribution in [0.15, 0.2) is 16.9 Å². The lowest BCUT2D eigenvalue weighted by Gasteiger charge is -1.86.